The zero-order valence-electron chi connectivity index (χ0n) is 10.1. The average Bonchev–Trinajstić information content (AvgIpc) is 2.84. The molecule has 1 heterocycles. The molecule has 1 atom stereocenters. The van der Waals surface area contributed by atoms with Crippen molar-refractivity contribution < 1.29 is 29.0 Å². The number of carbonyl (C=O) groups excluding carboxylic acids is 1. The van der Waals surface area contributed by atoms with Gasteiger partial charge in [-0.3, -0.25) is 9.59 Å². The number of fused-ring (bicyclic) bond motifs is 1. The summed E-state index contributed by atoms with van der Waals surface area (Å²) in [5, 5.41) is 19.6. The molecule has 0 saturated heterocycles. The van der Waals surface area contributed by atoms with Crippen LogP contribution in [0.1, 0.15) is 16.8 Å². The van der Waals surface area contributed by atoms with Crippen LogP contribution < -0.4 is 5.32 Å². The minimum atomic E-state index is -1.49. The molecule has 20 heavy (non-hydrogen) atoms. The Morgan fingerprint density at radius 1 is 1.30 bits per heavy atom. The number of nitrogens with one attached hydrogen (secondary N) is 1. The van der Waals surface area contributed by atoms with Gasteiger partial charge in [-0.25, -0.2) is 9.78 Å². The standard InChI is InChI=1S/C12H10N2O6/c15-10(16)4-8(12(18)19)14-11(17)6-1-2-9-7(3-6)13-5-20-9/h1-3,5,8H,4H2,(H,14,17)(H,15,16)(H,18,19). The minimum absolute atomic E-state index is 0.169. The lowest BCUT2D eigenvalue weighted by atomic mass is 10.1. The number of amides is 1. The molecule has 1 aromatic carbocycles. The van der Waals surface area contributed by atoms with Gasteiger partial charge in [0.25, 0.3) is 5.91 Å². The molecule has 0 aliphatic carbocycles. The number of oxazole rings is 1. The molecule has 3 N–H and O–H groups in total. The molecule has 1 amide bonds. The van der Waals surface area contributed by atoms with Crippen molar-refractivity contribution in [1.82, 2.24) is 10.3 Å². The third-order valence-electron chi connectivity index (χ3n) is 2.57. The van der Waals surface area contributed by atoms with E-state index in [2.05, 4.69) is 10.3 Å². The van der Waals surface area contributed by atoms with Crippen LogP contribution in [-0.4, -0.2) is 39.1 Å². The van der Waals surface area contributed by atoms with E-state index in [1.165, 1.54) is 24.6 Å². The van der Waals surface area contributed by atoms with Gasteiger partial charge in [0, 0.05) is 5.56 Å². The third-order valence-corrected chi connectivity index (χ3v) is 2.57. The summed E-state index contributed by atoms with van der Waals surface area (Å²) < 4.78 is 5.01. The Labute approximate surface area is 112 Å². The van der Waals surface area contributed by atoms with Crippen LogP contribution >= 0.6 is 0 Å². The maximum Gasteiger partial charge on any atom is 0.326 e. The van der Waals surface area contributed by atoms with Crippen LogP contribution in [0.25, 0.3) is 11.1 Å². The molecule has 8 nitrogen and oxygen atoms in total. The Balaban J connectivity index is 2.17. The van der Waals surface area contributed by atoms with Crippen molar-refractivity contribution in [2.24, 2.45) is 0 Å². The Morgan fingerprint density at radius 2 is 2.05 bits per heavy atom. The number of carbonyl (C=O) groups is 3. The zero-order chi connectivity index (χ0) is 14.7. The van der Waals surface area contributed by atoms with Crippen molar-refractivity contribution in [1.29, 1.82) is 0 Å². The van der Waals surface area contributed by atoms with E-state index in [0.29, 0.717) is 11.1 Å². The van der Waals surface area contributed by atoms with Gasteiger partial charge >= 0.3 is 11.9 Å². The minimum Gasteiger partial charge on any atom is -0.481 e. The lowest BCUT2D eigenvalue weighted by Crippen LogP contribution is -2.42. The molecule has 2 aromatic rings. The molecule has 0 aliphatic heterocycles. The van der Waals surface area contributed by atoms with E-state index >= 15 is 0 Å². The Bertz CT molecular complexity index is 677. The number of carboxylic acid groups (broad SMARTS) is 2. The van der Waals surface area contributed by atoms with Crippen molar-refractivity contribution in [3.63, 3.8) is 0 Å². The first-order valence-corrected chi connectivity index (χ1v) is 5.56. The molecule has 0 bridgehead atoms. The molecule has 1 aromatic heterocycles. The summed E-state index contributed by atoms with van der Waals surface area (Å²) >= 11 is 0. The van der Waals surface area contributed by atoms with Crippen LogP contribution in [0.2, 0.25) is 0 Å². The van der Waals surface area contributed by atoms with Gasteiger partial charge in [0.05, 0.1) is 6.42 Å². The number of benzene rings is 1. The highest BCUT2D eigenvalue weighted by molar-refractivity contribution is 5.99. The molecule has 0 fully saturated rings. The highest BCUT2D eigenvalue weighted by Crippen LogP contribution is 2.14. The van der Waals surface area contributed by atoms with Gasteiger partial charge in [-0.15, -0.1) is 0 Å². The second kappa shape index (κ2) is 5.39. The highest BCUT2D eigenvalue weighted by atomic mass is 16.4. The van der Waals surface area contributed by atoms with Gasteiger partial charge < -0.3 is 19.9 Å². The summed E-state index contributed by atoms with van der Waals surface area (Å²) in [6, 6.07) is 2.88. The molecule has 104 valence electrons. The van der Waals surface area contributed by atoms with Gasteiger partial charge in [0.1, 0.15) is 11.6 Å². The number of aromatic nitrogens is 1. The van der Waals surface area contributed by atoms with Crippen LogP contribution in [-0.2, 0) is 9.59 Å². The fourth-order valence-electron chi connectivity index (χ4n) is 1.62. The number of nitrogens with zero attached hydrogens (tertiary/aromatic N) is 1. The molecule has 0 spiro atoms. The van der Waals surface area contributed by atoms with E-state index in [1.807, 2.05) is 0 Å². The van der Waals surface area contributed by atoms with E-state index in [0.717, 1.165) is 0 Å². The van der Waals surface area contributed by atoms with Crippen molar-refractivity contribution in [2.45, 2.75) is 12.5 Å². The molecule has 0 aliphatic rings. The summed E-state index contributed by atoms with van der Waals surface area (Å²) in [4.78, 5) is 37.2. The van der Waals surface area contributed by atoms with Crippen LogP contribution in [0.15, 0.2) is 29.0 Å². The van der Waals surface area contributed by atoms with Gasteiger partial charge in [0.15, 0.2) is 12.0 Å². The van der Waals surface area contributed by atoms with E-state index < -0.39 is 30.3 Å². The molecule has 0 saturated carbocycles. The molecule has 8 heteroatoms. The van der Waals surface area contributed by atoms with Crippen molar-refractivity contribution in [3.05, 3.63) is 30.2 Å². The van der Waals surface area contributed by atoms with Crippen LogP contribution in [0.4, 0.5) is 0 Å². The Hall–Kier alpha value is -2.90. The molecular formula is C12H10N2O6. The lowest BCUT2D eigenvalue weighted by Gasteiger charge is -2.12. The third kappa shape index (κ3) is 2.91. The molecule has 1 unspecified atom stereocenters. The quantitative estimate of drug-likeness (QED) is 0.725. The van der Waals surface area contributed by atoms with Gasteiger partial charge in [-0.1, -0.05) is 0 Å². The molecular weight excluding hydrogens is 268 g/mol. The lowest BCUT2D eigenvalue weighted by molar-refractivity contribution is -0.145. The van der Waals surface area contributed by atoms with Crippen molar-refractivity contribution in [2.75, 3.05) is 0 Å². The van der Waals surface area contributed by atoms with E-state index in [9.17, 15) is 14.4 Å². The number of hydrogen-bond acceptors (Lipinski definition) is 5. The predicted octanol–water partition coefficient (Wildman–Crippen LogP) is 0.485. The van der Waals surface area contributed by atoms with Gasteiger partial charge in [-0.05, 0) is 18.2 Å². The number of carboxylic acids is 2. The zero-order valence-corrected chi connectivity index (χ0v) is 10.1. The smallest absolute Gasteiger partial charge is 0.326 e. The van der Waals surface area contributed by atoms with E-state index in [1.54, 1.807) is 0 Å². The van der Waals surface area contributed by atoms with Crippen molar-refractivity contribution in [3.8, 4) is 0 Å². The van der Waals surface area contributed by atoms with Crippen LogP contribution in [0.3, 0.4) is 0 Å². The van der Waals surface area contributed by atoms with Crippen molar-refractivity contribution >= 4 is 28.9 Å². The molecule has 0 radical (unpaired) electrons. The Morgan fingerprint density at radius 3 is 2.70 bits per heavy atom. The fourth-order valence-corrected chi connectivity index (χ4v) is 1.62. The number of hydrogen-bond donors (Lipinski definition) is 3. The average molecular weight is 278 g/mol. The topological polar surface area (TPSA) is 130 Å². The normalized spacial score (nSPS) is 12.0. The first-order valence-electron chi connectivity index (χ1n) is 5.56. The Kier molecular flexibility index (Phi) is 3.65. The summed E-state index contributed by atoms with van der Waals surface area (Å²) in [7, 11) is 0. The first-order chi connectivity index (χ1) is 9.47. The maximum atomic E-state index is 11.9. The predicted molar refractivity (Wildman–Crippen MR) is 65.2 cm³/mol. The second-order valence-corrected chi connectivity index (χ2v) is 4.00. The van der Waals surface area contributed by atoms with E-state index in [-0.39, 0.29) is 5.56 Å². The van der Waals surface area contributed by atoms with Gasteiger partial charge in [-0.2, -0.15) is 0 Å². The monoisotopic (exact) mass is 278 g/mol. The number of rotatable bonds is 5. The maximum absolute atomic E-state index is 11.9. The molecule has 2 rings (SSSR count). The SMILES string of the molecule is O=C(O)CC(NC(=O)c1ccc2ocnc2c1)C(=O)O. The summed E-state index contributed by atoms with van der Waals surface area (Å²) in [5.74, 6) is -3.42. The fraction of sp³-hybridized carbons (Fsp3) is 0.167. The van der Waals surface area contributed by atoms with E-state index in [4.69, 9.17) is 14.6 Å². The summed E-state index contributed by atoms with van der Waals surface area (Å²) in [6.07, 6.45) is 0.518. The summed E-state index contributed by atoms with van der Waals surface area (Å²) in [6.45, 7) is 0. The van der Waals surface area contributed by atoms with Gasteiger partial charge in [0.2, 0.25) is 0 Å². The first kappa shape index (κ1) is 13.5. The second-order valence-electron chi connectivity index (χ2n) is 4.00. The number of aliphatic carboxylic acids is 2. The van der Waals surface area contributed by atoms with Crippen LogP contribution in [0.5, 0.6) is 0 Å². The van der Waals surface area contributed by atoms with Crippen LogP contribution in [0, 0.1) is 0 Å². The summed E-state index contributed by atoms with van der Waals surface area (Å²) in [5.41, 5.74) is 1.10. The largest absolute Gasteiger partial charge is 0.481 e. The highest BCUT2D eigenvalue weighted by Gasteiger charge is 2.23.